The van der Waals surface area contributed by atoms with Gasteiger partial charge in [0.15, 0.2) is 0 Å². The third-order valence-corrected chi connectivity index (χ3v) is 5.86. The van der Waals surface area contributed by atoms with E-state index in [0.29, 0.717) is 12.8 Å². The van der Waals surface area contributed by atoms with Gasteiger partial charge in [-0.05, 0) is 48.7 Å². The van der Waals surface area contributed by atoms with Crippen LogP contribution < -0.4 is 15.5 Å². The maximum atomic E-state index is 13.0. The van der Waals surface area contributed by atoms with E-state index in [2.05, 4.69) is 10.6 Å². The van der Waals surface area contributed by atoms with Gasteiger partial charge in [-0.1, -0.05) is 18.2 Å². The number of carbonyl (C=O) groups excluding carboxylic acids is 3. The van der Waals surface area contributed by atoms with E-state index in [1.165, 1.54) is 17.0 Å². The Labute approximate surface area is 182 Å². The molecule has 0 unspecified atom stereocenters. The van der Waals surface area contributed by atoms with Crippen LogP contribution in [0.25, 0.3) is 0 Å². The first-order valence-electron chi connectivity index (χ1n) is 10.3. The summed E-state index contributed by atoms with van der Waals surface area (Å²) in [6.45, 7) is 1.84. The van der Waals surface area contributed by atoms with E-state index in [9.17, 15) is 27.6 Å². The summed E-state index contributed by atoms with van der Waals surface area (Å²) in [5.41, 5.74) is 1.92. The highest BCUT2D eigenvalue weighted by molar-refractivity contribution is 6.00. The highest BCUT2D eigenvalue weighted by Crippen LogP contribution is 2.34. The number of aryl methyl sites for hydroxylation is 1. The number of nitrogens with zero attached hydrogens (tertiary/aromatic N) is 1. The number of hydrogen-bond donors (Lipinski definition) is 2. The highest BCUT2D eigenvalue weighted by Gasteiger charge is 2.37. The third-order valence-electron chi connectivity index (χ3n) is 5.86. The van der Waals surface area contributed by atoms with E-state index in [4.69, 9.17) is 0 Å². The number of amides is 3. The lowest BCUT2D eigenvalue weighted by Crippen LogP contribution is -2.34. The number of anilines is 2. The van der Waals surface area contributed by atoms with Crippen LogP contribution in [0.5, 0.6) is 0 Å². The molecule has 0 saturated carbocycles. The van der Waals surface area contributed by atoms with Gasteiger partial charge in [-0.3, -0.25) is 14.4 Å². The van der Waals surface area contributed by atoms with Crippen molar-refractivity contribution in [2.75, 3.05) is 16.8 Å². The van der Waals surface area contributed by atoms with Crippen molar-refractivity contribution in [1.82, 2.24) is 5.32 Å². The van der Waals surface area contributed by atoms with Crippen LogP contribution >= 0.6 is 0 Å². The topological polar surface area (TPSA) is 78.5 Å². The normalized spacial score (nSPS) is 19.4. The zero-order chi connectivity index (χ0) is 23.0. The van der Waals surface area contributed by atoms with Crippen molar-refractivity contribution < 1.29 is 27.6 Å². The fourth-order valence-electron chi connectivity index (χ4n) is 4.07. The standard InChI is InChI=1S/C23H22F3N3O3/c1-13(14-5-7-19-15(9-14)6-8-20(30)28-19)27-22(32)16-10-21(31)29(12-16)18-4-2-3-17(11-18)23(24,25)26/h2-5,7,9,11,13,16H,6,8,10,12H2,1H3,(H,27,32)(H,28,30)/t13-,16+/m1/s1. The number of nitrogens with one attached hydrogen (secondary N) is 2. The van der Waals surface area contributed by atoms with Gasteiger partial charge < -0.3 is 15.5 Å². The van der Waals surface area contributed by atoms with E-state index in [-0.39, 0.29) is 42.4 Å². The predicted octanol–water partition coefficient (Wildman–Crippen LogP) is 3.82. The summed E-state index contributed by atoms with van der Waals surface area (Å²) in [5, 5.41) is 5.71. The maximum Gasteiger partial charge on any atom is 0.416 e. The van der Waals surface area contributed by atoms with Crippen LogP contribution in [0.15, 0.2) is 42.5 Å². The van der Waals surface area contributed by atoms with E-state index in [1.54, 1.807) is 6.07 Å². The van der Waals surface area contributed by atoms with E-state index in [0.717, 1.165) is 28.9 Å². The van der Waals surface area contributed by atoms with Crippen molar-refractivity contribution in [1.29, 1.82) is 0 Å². The zero-order valence-electron chi connectivity index (χ0n) is 17.3. The number of alkyl halides is 3. The van der Waals surface area contributed by atoms with Crippen LogP contribution in [0.3, 0.4) is 0 Å². The number of fused-ring (bicyclic) bond motifs is 1. The van der Waals surface area contributed by atoms with Gasteiger partial charge >= 0.3 is 6.18 Å². The molecule has 9 heteroatoms. The molecule has 0 radical (unpaired) electrons. The Morgan fingerprint density at radius 1 is 1.16 bits per heavy atom. The second-order valence-electron chi connectivity index (χ2n) is 8.15. The van der Waals surface area contributed by atoms with Gasteiger partial charge in [0.25, 0.3) is 0 Å². The van der Waals surface area contributed by atoms with Crippen molar-refractivity contribution in [3.8, 4) is 0 Å². The minimum absolute atomic E-state index is 0.0227. The first kappa shape index (κ1) is 21.9. The molecule has 2 N–H and O–H groups in total. The van der Waals surface area contributed by atoms with Crippen LogP contribution in [0.2, 0.25) is 0 Å². The number of hydrogen-bond acceptors (Lipinski definition) is 3. The van der Waals surface area contributed by atoms with Gasteiger partial charge in [0, 0.05) is 30.8 Å². The molecule has 0 spiro atoms. The summed E-state index contributed by atoms with van der Waals surface area (Å²) in [6, 6.07) is 9.79. The summed E-state index contributed by atoms with van der Waals surface area (Å²) in [6.07, 6.45) is -3.54. The summed E-state index contributed by atoms with van der Waals surface area (Å²) >= 11 is 0. The Morgan fingerprint density at radius 2 is 1.94 bits per heavy atom. The highest BCUT2D eigenvalue weighted by atomic mass is 19.4. The molecule has 6 nitrogen and oxygen atoms in total. The molecule has 2 aliphatic rings. The van der Waals surface area contributed by atoms with Crippen LogP contribution in [0.1, 0.15) is 42.5 Å². The molecule has 1 saturated heterocycles. The van der Waals surface area contributed by atoms with Crippen molar-refractivity contribution in [2.45, 2.75) is 38.4 Å². The van der Waals surface area contributed by atoms with E-state index in [1.807, 2.05) is 19.1 Å². The van der Waals surface area contributed by atoms with Crippen LogP contribution in [-0.4, -0.2) is 24.3 Å². The minimum atomic E-state index is -4.51. The average Bonchev–Trinajstić information content (AvgIpc) is 3.14. The molecule has 2 atom stereocenters. The smallest absolute Gasteiger partial charge is 0.349 e. The number of benzene rings is 2. The summed E-state index contributed by atoms with van der Waals surface area (Å²) in [7, 11) is 0. The molecule has 0 aliphatic carbocycles. The molecule has 3 amide bonds. The molecule has 2 heterocycles. The number of carbonyl (C=O) groups is 3. The van der Waals surface area contributed by atoms with Gasteiger partial charge in [0.2, 0.25) is 17.7 Å². The molecule has 0 bridgehead atoms. The molecule has 4 rings (SSSR count). The Morgan fingerprint density at radius 3 is 2.69 bits per heavy atom. The van der Waals surface area contributed by atoms with Gasteiger partial charge in [0.05, 0.1) is 17.5 Å². The SMILES string of the molecule is C[C@@H](NC(=O)[C@H]1CC(=O)N(c2cccc(C(F)(F)F)c2)C1)c1ccc2c(c1)CCC(=O)N2. The monoisotopic (exact) mass is 445 g/mol. The molecule has 168 valence electrons. The average molecular weight is 445 g/mol. The number of rotatable bonds is 4. The Hall–Kier alpha value is -3.36. The Balaban J connectivity index is 1.42. The van der Waals surface area contributed by atoms with Crippen molar-refractivity contribution >= 4 is 29.1 Å². The lowest BCUT2D eigenvalue weighted by molar-refractivity contribution is -0.137. The third kappa shape index (κ3) is 4.46. The zero-order valence-corrected chi connectivity index (χ0v) is 17.3. The molecule has 2 aromatic carbocycles. The van der Waals surface area contributed by atoms with Crippen LogP contribution in [-0.2, 0) is 27.0 Å². The van der Waals surface area contributed by atoms with Crippen molar-refractivity contribution in [3.63, 3.8) is 0 Å². The largest absolute Gasteiger partial charge is 0.416 e. The summed E-state index contributed by atoms with van der Waals surface area (Å²) in [5.74, 6) is -1.40. The molecule has 32 heavy (non-hydrogen) atoms. The molecule has 2 aliphatic heterocycles. The molecular formula is C23H22F3N3O3. The molecule has 2 aromatic rings. The minimum Gasteiger partial charge on any atom is -0.349 e. The van der Waals surface area contributed by atoms with Crippen LogP contribution in [0, 0.1) is 5.92 Å². The lowest BCUT2D eigenvalue weighted by atomic mass is 9.97. The van der Waals surface area contributed by atoms with Gasteiger partial charge in [-0.25, -0.2) is 0 Å². The Kier molecular flexibility index (Phi) is 5.66. The molecule has 1 fully saturated rings. The van der Waals surface area contributed by atoms with Crippen molar-refractivity contribution in [2.24, 2.45) is 5.92 Å². The fraction of sp³-hybridized carbons (Fsp3) is 0.348. The Bertz CT molecular complexity index is 1080. The fourth-order valence-corrected chi connectivity index (χ4v) is 4.07. The van der Waals surface area contributed by atoms with E-state index >= 15 is 0 Å². The summed E-state index contributed by atoms with van der Waals surface area (Å²) in [4.78, 5) is 37.9. The number of halogens is 3. The van der Waals surface area contributed by atoms with Crippen LogP contribution in [0.4, 0.5) is 24.5 Å². The predicted molar refractivity (Wildman–Crippen MR) is 112 cm³/mol. The summed E-state index contributed by atoms with van der Waals surface area (Å²) < 4.78 is 39.0. The first-order valence-corrected chi connectivity index (χ1v) is 10.3. The molecule has 0 aromatic heterocycles. The quantitative estimate of drug-likeness (QED) is 0.751. The van der Waals surface area contributed by atoms with Gasteiger partial charge in [-0.2, -0.15) is 13.2 Å². The maximum absolute atomic E-state index is 13.0. The second kappa shape index (κ2) is 8.29. The molecular weight excluding hydrogens is 423 g/mol. The lowest BCUT2D eigenvalue weighted by Gasteiger charge is -2.22. The first-order chi connectivity index (χ1) is 15.1. The second-order valence-corrected chi connectivity index (χ2v) is 8.15. The van der Waals surface area contributed by atoms with E-state index < -0.39 is 17.7 Å². The van der Waals surface area contributed by atoms with Gasteiger partial charge in [0.1, 0.15) is 0 Å². The van der Waals surface area contributed by atoms with Gasteiger partial charge in [-0.15, -0.1) is 0 Å². The van der Waals surface area contributed by atoms with Crippen molar-refractivity contribution in [3.05, 3.63) is 59.2 Å².